The Morgan fingerprint density at radius 3 is 2.62 bits per heavy atom. The van der Waals surface area contributed by atoms with Crippen molar-refractivity contribution in [3.63, 3.8) is 0 Å². The molecular weight excluding hydrogens is 230 g/mol. The van der Waals surface area contributed by atoms with Gasteiger partial charge in [0.1, 0.15) is 5.54 Å². The van der Waals surface area contributed by atoms with Crippen LogP contribution in [0.4, 0.5) is 0 Å². The highest BCUT2D eigenvalue weighted by Gasteiger charge is 2.46. The van der Waals surface area contributed by atoms with Gasteiger partial charge in [-0.15, -0.1) is 0 Å². The van der Waals surface area contributed by atoms with E-state index in [1.807, 2.05) is 0 Å². The lowest BCUT2D eigenvalue weighted by atomic mass is 10.0. The normalized spacial score (nSPS) is 23.2. The highest BCUT2D eigenvalue weighted by molar-refractivity contribution is 7.90. The molecule has 1 N–H and O–H groups in total. The number of nitrogens with one attached hydrogen (secondary N) is 1. The van der Waals surface area contributed by atoms with Crippen molar-refractivity contribution in [2.45, 2.75) is 31.6 Å². The molecule has 90 valence electrons. The number of sulfonamides is 1. The zero-order valence-corrected chi connectivity index (χ0v) is 10.3. The molecule has 0 aliphatic carbocycles. The van der Waals surface area contributed by atoms with Gasteiger partial charge in [0.25, 0.3) is 0 Å². The second-order valence-electron chi connectivity index (χ2n) is 4.20. The molecule has 0 spiro atoms. The maximum atomic E-state index is 12.0. The summed E-state index contributed by atoms with van der Waals surface area (Å²) >= 11 is 0. The Morgan fingerprint density at radius 2 is 2.12 bits per heavy atom. The van der Waals surface area contributed by atoms with Crippen LogP contribution in [0.15, 0.2) is 0 Å². The molecule has 7 heteroatoms. The smallest absolute Gasteiger partial charge is 0.241 e. The molecule has 1 unspecified atom stereocenters. The number of amides is 1. The van der Waals surface area contributed by atoms with E-state index in [9.17, 15) is 13.2 Å². The molecule has 0 saturated carbocycles. The summed E-state index contributed by atoms with van der Waals surface area (Å²) < 4.78 is 25.1. The van der Waals surface area contributed by atoms with Crippen LogP contribution in [0.1, 0.15) is 20.8 Å². The van der Waals surface area contributed by atoms with E-state index < -0.39 is 20.8 Å². The zero-order valence-electron chi connectivity index (χ0n) is 9.52. The van der Waals surface area contributed by atoms with E-state index in [-0.39, 0.29) is 19.0 Å². The summed E-state index contributed by atoms with van der Waals surface area (Å²) in [5.41, 5.74) is -1.14. The minimum absolute atomic E-state index is 0.201. The van der Waals surface area contributed by atoms with Gasteiger partial charge in [-0.2, -0.15) is 9.57 Å². The van der Waals surface area contributed by atoms with Crippen LogP contribution < -0.4 is 5.32 Å². The van der Waals surface area contributed by atoms with Gasteiger partial charge in [-0.3, -0.25) is 4.79 Å². The first kappa shape index (κ1) is 12.9. The Bertz CT molecular complexity index is 435. The van der Waals surface area contributed by atoms with Crippen molar-refractivity contribution in [2.75, 3.05) is 13.1 Å². The average Bonchev–Trinajstić information content (AvgIpc) is 2.20. The molecule has 1 amide bonds. The first-order valence-electron chi connectivity index (χ1n) is 4.94. The van der Waals surface area contributed by atoms with Crippen LogP contribution >= 0.6 is 0 Å². The summed E-state index contributed by atoms with van der Waals surface area (Å²) in [5, 5.41) is 10.1. The fourth-order valence-corrected chi connectivity index (χ4v) is 3.16. The lowest BCUT2D eigenvalue weighted by Crippen LogP contribution is -2.64. The number of carbonyl (C=O) groups excluding carboxylic acids is 1. The molecule has 0 radical (unpaired) electrons. The van der Waals surface area contributed by atoms with Crippen LogP contribution in [0.2, 0.25) is 0 Å². The second-order valence-corrected chi connectivity index (χ2v) is 6.38. The molecule has 1 fully saturated rings. The van der Waals surface area contributed by atoms with E-state index in [0.29, 0.717) is 0 Å². The molecular formula is C9H15N3O3S. The Balaban J connectivity index is 3.14. The van der Waals surface area contributed by atoms with Gasteiger partial charge >= 0.3 is 0 Å². The maximum Gasteiger partial charge on any atom is 0.241 e. The molecule has 0 aromatic carbocycles. The topological polar surface area (TPSA) is 90.3 Å². The van der Waals surface area contributed by atoms with E-state index in [1.165, 1.54) is 20.8 Å². The summed E-state index contributed by atoms with van der Waals surface area (Å²) in [6.07, 6.45) is 0. The molecule has 1 rings (SSSR count). The molecule has 1 aliphatic rings. The minimum Gasteiger partial charge on any atom is -0.353 e. The summed E-state index contributed by atoms with van der Waals surface area (Å²) in [6, 6.07) is 1.69. The quantitative estimate of drug-likeness (QED) is 0.706. The number of carbonyl (C=O) groups is 1. The van der Waals surface area contributed by atoms with Gasteiger partial charge in [0.2, 0.25) is 15.9 Å². The zero-order chi connectivity index (χ0) is 12.6. The van der Waals surface area contributed by atoms with Crippen molar-refractivity contribution in [1.29, 1.82) is 5.26 Å². The summed E-state index contributed by atoms with van der Waals surface area (Å²) in [5.74, 6) is -0.340. The number of nitrogens with zero attached hydrogens (tertiary/aromatic N) is 2. The van der Waals surface area contributed by atoms with Crippen molar-refractivity contribution in [3.05, 3.63) is 0 Å². The van der Waals surface area contributed by atoms with E-state index in [4.69, 9.17) is 5.26 Å². The van der Waals surface area contributed by atoms with Gasteiger partial charge < -0.3 is 5.32 Å². The summed E-state index contributed by atoms with van der Waals surface area (Å²) in [4.78, 5) is 11.6. The third-order valence-corrected chi connectivity index (χ3v) is 4.97. The Kier molecular flexibility index (Phi) is 3.26. The summed E-state index contributed by atoms with van der Waals surface area (Å²) in [6.45, 7) is 4.86. The molecule has 0 bridgehead atoms. The number of hydrogen-bond acceptors (Lipinski definition) is 4. The predicted octanol–water partition coefficient (Wildman–Crippen LogP) is -0.561. The number of hydrogen-bond donors (Lipinski definition) is 1. The molecule has 16 heavy (non-hydrogen) atoms. The third-order valence-electron chi connectivity index (χ3n) is 2.72. The van der Waals surface area contributed by atoms with E-state index in [2.05, 4.69) is 5.32 Å². The fraction of sp³-hybridized carbons (Fsp3) is 0.778. The molecule has 0 aromatic heterocycles. The third kappa shape index (κ3) is 1.90. The highest BCUT2D eigenvalue weighted by Crippen LogP contribution is 2.23. The molecule has 0 aromatic rings. The van der Waals surface area contributed by atoms with Gasteiger partial charge in [0.15, 0.2) is 5.25 Å². The van der Waals surface area contributed by atoms with Crippen molar-refractivity contribution in [3.8, 4) is 6.07 Å². The number of nitriles is 1. The summed E-state index contributed by atoms with van der Waals surface area (Å²) in [7, 11) is -3.74. The molecule has 1 aliphatic heterocycles. The van der Waals surface area contributed by atoms with Crippen molar-refractivity contribution >= 4 is 15.9 Å². The molecule has 1 heterocycles. The first-order valence-corrected chi connectivity index (χ1v) is 6.44. The number of rotatable bonds is 2. The standard InChI is InChI=1S/C9H15N3O3S/c1-7(6-10)16(14,15)12-5-4-11-8(13)9(12,2)3/h7H,4-5H2,1-3H3,(H,11,13). The van der Waals surface area contributed by atoms with Gasteiger partial charge in [-0.05, 0) is 20.8 Å². The average molecular weight is 245 g/mol. The first-order chi connectivity index (χ1) is 7.24. The van der Waals surface area contributed by atoms with Crippen molar-refractivity contribution in [2.24, 2.45) is 0 Å². The predicted molar refractivity (Wildman–Crippen MR) is 57.8 cm³/mol. The molecule has 1 saturated heterocycles. The van der Waals surface area contributed by atoms with Crippen LogP contribution in [0.25, 0.3) is 0 Å². The van der Waals surface area contributed by atoms with Crippen LogP contribution in [-0.4, -0.2) is 42.5 Å². The molecule has 1 atom stereocenters. The lowest BCUT2D eigenvalue weighted by molar-refractivity contribution is -0.131. The van der Waals surface area contributed by atoms with Crippen LogP contribution in [0, 0.1) is 11.3 Å². The van der Waals surface area contributed by atoms with E-state index in [0.717, 1.165) is 4.31 Å². The van der Waals surface area contributed by atoms with Gasteiger partial charge in [0, 0.05) is 13.1 Å². The van der Waals surface area contributed by atoms with Crippen LogP contribution in [0.5, 0.6) is 0 Å². The SMILES string of the molecule is CC(C#N)S(=O)(=O)N1CCNC(=O)C1(C)C. The maximum absolute atomic E-state index is 12.0. The van der Waals surface area contributed by atoms with Crippen molar-refractivity contribution < 1.29 is 13.2 Å². The fourth-order valence-electron chi connectivity index (χ4n) is 1.58. The highest BCUT2D eigenvalue weighted by atomic mass is 32.2. The molecule has 6 nitrogen and oxygen atoms in total. The number of piperazine rings is 1. The van der Waals surface area contributed by atoms with E-state index in [1.54, 1.807) is 6.07 Å². The Labute approximate surface area is 95.3 Å². The monoisotopic (exact) mass is 245 g/mol. The Morgan fingerprint density at radius 1 is 1.56 bits per heavy atom. The van der Waals surface area contributed by atoms with Crippen LogP contribution in [-0.2, 0) is 14.8 Å². The van der Waals surface area contributed by atoms with E-state index >= 15 is 0 Å². The van der Waals surface area contributed by atoms with Crippen LogP contribution in [0.3, 0.4) is 0 Å². The largest absolute Gasteiger partial charge is 0.353 e. The Hall–Kier alpha value is -1.13. The second kappa shape index (κ2) is 4.03. The van der Waals surface area contributed by atoms with Gasteiger partial charge in [-0.25, -0.2) is 8.42 Å². The lowest BCUT2D eigenvalue weighted by Gasteiger charge is -2.40. The van der Waals surface area contributed by atoms with Gasteiger partial charge in [-0.1, -0.05) is 0 Å². The minimum atomic E-state index is -3.74. The van der Waals surface area contributed by atoms with Gasteiger partial charge in [0.05, 0.1) is 6.07 Å². The van der Waals surface area contributed by atoms with Crippen molar-refractivity contribution in [1.82, 2.24) is 9.62 Å².